The van der Waals surface area contributed by atoms with Crippen molar-refractivity contribution in [2.45, 2.75) is 30.8 Å². The van der Waals surface area contributed by atoms with E-state index < -0.39 is 34.6 Å². The smallest absolute Gasteiger partial charge is 0.306 e. The Kier molecular flexibility index (Phi) is 5.32. The minimum absolute atomic E-state index is 0.0591. The van der Waals surface area contributed by atoms with Crippen molar-refractivity contribution < 1.29 is 28.2 Å². The van der Waals surface area contributed by atoms with E-state index >= 15 is 0 Å². The van der Waals surface area contributed by atoms with Gasteiger partial charge in [0, 0.05) is 6.54 Å². The predicted molar refractivity (Wildman–Crippen MR) is 75.8 cm³/mol. The lowest BCUT2D eigenvalue weighted by Gasteiger charge is -2.21. The largest absolute Gasteiger partial charge is 0.495 e. The zero-order valence-corrected chi connectivity index (χ0v) is 12.9. The van der Waals surface area contributed by atoms with Gasteiger partial charge in [0.2, 0.25) is 10.0 Å². The average molecular weight is 317 g/mol. The van der Waals surface area contributed by atoms with Crippen LogP contribution >= 0.6 is 0 Å². The number of aliphatic carboxylic acids is 1. The van der Waals surface area contributed by atoms with Crippen LogP contribution < -0.4 is 9.46 Å². The minimum atomic E-state index is -3.92. The van der Waals surface area contributed by atoms with Crippen LogP contribution in [0, 0.1) is 6.92 Å². The molecule has 0 saturated carbocycles. The molecule has 0 saturated heterocycles. The molecule has 118 valence electrons. The summed E-state index contributed by atoms with van der Waals surface area (Å²) in [6, 6.07) is 4.67. The summed E-state index contributed by atoms with van der Waals surface area (Å²) >= 11 is 0. The number of nitrogens with one attached hydrogen (secondary N) is 1. The number of methoxy groups -OCH3 is 1. The lowest BCUT2D eigenvalue weighted by Crippen LogP contribution is -2.42. The molecule has 0 fully saturated rings. The zero-order valence-electron chi connectivity index (χ0n) is 12.1. The third-order valence-corrected chi connectivity index (χ3v) is 4.21. The minimum Gasteiger partial charge on any atom is -0.495 e. The van der Waals surface area contributed by atoms with Crippen molar-refractivity contribution in [3.63, 3.8) is 0 Å². The molecule has 1 unspecified atom stereocenters. The van der Waals surface area contributed by atoms with Crippen molar-refractivity contribution in [2.24, 2.45) is 0 Å². The molecule has 0 amide bonds. The Hall–Kier alpha value is -1.64. The molecule has 0 spiro atoms. The highest BCUT2D eigenvalue weighted by molar-refractivity contribution is 7.89. The number of ether oxygens (including phenoxy) is 1. The van der Waals surface area contributed by atoms with Crippen molar-refractivity contribution in [1.82, 2.24) is 4.72 Å². The van der Waals surface area contributed by atoms with Crippen LogP contribution in [0.1, 0.15) is 18.9 Å². The Labute approximate surface area is 123 Å². The van der Waals surface area contributed by atoms with Gasteiger partial charge in [0.25, 0.3) is 0 Å². The fourth-order valence-corrected chi connectivity index (χ4v) is 3.12. The molecule has 0 bridgehead atoms. The van der Waals surface area contributed by atoms with Crippen LogP contribution in [0.4, 0.5) is 0 Å². The van der Waals surface area contributed by atoms with Crippen LogP contribution in [-0.4, -0.2) is 43.9 Å². The highest BCUT2D eigenvalue weighted by atomic mass is 32.2. The van der Waals surface area contributed by atoms with E-state index in [0.29, 0.717) is 0 Å². The Morgan fingerprint density at radius 3 is 2.57 bits per heavy atom. The predicted octanol–water partition coefficient (Wildman–Crippen LogP) is 0.508. The third-order valence-electron chi connectivity index (χ3n) is 2.78. The van der Waals surface area contributed by atoms with Crippen molar-refractivity contribution in [2.75, 3.05) is 13.7 Å². The first-order valence-electron chi connectivity index (χ1n) is 6.16. The van der Waals surface area contributed by atoms with Gasteiger partial charge in [-0.05, 0) is 31.5 Å². The van der Waals surface area contributed by atoms with E-state index in [4.69, 9.17) is 9.84 Å². The van der Waals surface area contributed by atoms with Gasteiger partial charge in [0.1, 0.15) is 10.6 Å². The number of aliphatic hydroxyl groups is 1. The second-order valence-electron chi connectivity index (χ2n) is 5.05. The molecule has 8 heteroatoms. The van der Waals surface area contributed by atoms with Crippen molar-refractivity contribution in [3.8, 4) is 5.75 Å². The molecule has 0 aliphatic carbocycles. The fourth-order valence-electron chi connectivity index (χ4n) is 1.71. The Morgan fingerprint density at radius 1 is 1.43 bits per heavy atom. The van der Waals surface area contributed by atoms with Crippen LogP contribution in [0.3, 0.4) is 0 Å². The topological polar surface area (TPSA) is 113 Å². The van der Waals surface area contributed by atoms with Crippen molar-refractivity contribution >= 4 is 16.0 Å². The number of sulfonamides is 1. The molecular formula is C13H19NO6S. The number of hydrogen-bond donors (Lipinski definition) is 3. The lowest BCUT2D eigenvalue weighted by molar-refractivity contribution is -0.141. The lowest BCUT2D eigenvalue weighted by atomic mass is 10.0. The molecule has 0 aliphatic rings. The van der Waals surface area contributed by atoms with E-state index in [-0.39, 0.29) is 10.6 Å². The molecule has 0 radical (unpaired) electrons. The average Bonchev–Trinajstić information content (AvgIpc) is 2.35. The molecule has 7 nitrogen and oxygen atoms in total. The molecule has 0 aromatic heterocycles. The Morgan fingerprint density at radius 2 is 2.05 bits per heavy atom. The summed E-state index contributed by atoms with van der Waals surface area (Å²) in [6.07, 6.45) is -0.569. The quantitative estimate of drug-likeness (QED) is 0.675. The van der Waals surface area contributed by atoms with E-state index in [1.54, 1.807) is 13.0 Å². The number of carboxylic acid groups (broad SMARTS) is 1. The van der Waals surface area contributed by atoms with Crippen LogP contribution in [0.2, 0.25) is 0 Å². The Bertz CT molecular complexity index is 624. The van der Waals surface area contributed by atoms with Gasteiger partial charge in [0.15, 0.2) is 0 Å². The van der Waals surface area contributed by atoms with Gasteiger partial charge in [-0.15, -0.1) is 0 Å². The van der Waals surface area contributed by atoms with Crippen LogP contribution in [0.25, 0.3) is 0 Å². The number of rotatable bonds is 7. The molecule has 0 aliphatic heterocycles. The number of carboxylic acids is 1. The first-order valence-corrected chi connectivity index (χ1v) is 7.64. The van der Waals surface area contributed by atoms with Gasteiger partial charge in [-0.2, -0.15) is 0 Å². The number of benzene rings is 1. The van der Waals surface area contributed by atoms with Gasteiger partial charge in [0.05, 0.1) is 19.1 Å². The maximum atomic E-state index is 12.2. The van der Waals surface area contributed by atoms with E-state index in [1.165, 1.54) is 26.2 Å². The highest BCUT2D eigenvalue weighted by Crippen LogP contribution is 2.24. The summed E-state index contributed by atoms with van der Waals surface area (Å²) in [5.74, 6) is -1.04. The third kappa shape index (κ3) is 5.00. The van der Waals surface area contributed by atoms with Crippen molar-refractivity contribution in [1.29, 1.82) is 0 Å². The summed E-state index contributed by atoms with van der Waals surface area (Å²) < 4.78 is 31.7. The van der Waals surface area contributed by atoms with Gasteiger partial charge < -0.3 is 14.9 Å². The molecular weight excluding hydrogens is 298 g/mol. The molecule has 0 heterocycles. The number of hydrogen-bond acceptors (Lipinski definition) is 5. The van der Waals surface area contributed by atoms with Gasteiger partial charge >= 0.3 is 5.97 Å². The second kappa shape index (κ2) is 6.42. The van der Waals surface area contributed by atoms with Crippen molar-refractivity contribution in [3.05, 3.63) is 23.8 Å². The summed E-state index contributed by atoms with van der Waals surface area (Å²) in [5, 5.41) is 18.5. The van der Waals surface area contributed by atoms with E-state index in [0.717, 1.165) is 5.56 Å². The first kappa shape index (κ1) is 17.4. The van der Waals surface area contributed by atoms with E-state index in [9.17, 15) is 18.3 Å². The normalized spacial score (nSPS) is 14.5. The van der Waals surface area contributed by atoms with Gasteiger partial charge in [-0.1, -0.05) is 6.07 Å². The summed E-state index contributed by atoms with van der Waals surface area (Å²) in [7, 11) is -2.57. The van der Waals surface area contributed by atoms with Gasteiger partial charge in [-0.25, -0.2) is 13.1 Å². The molecule has 3 N–H and O–H groups in total. The highest BCUT2D eigenvalue weighted by Gasteiger charge is 2.28. The van der Waals surface area contributed by atoms with E-state index in [1.807, 2.05) is 0 Å². The molecule has 1 aromatic carbocycles. The van der Waals surface area contributed by atoms with Gasteiger partial charge in [-0.3, -0.25) is 4.79 Å². The molecule has 1 aromatic rings. The SMILES string of the molecule is COc1ccc(C)cc1S(=O)(=O)NCC(C)(O)CC(=O)O. The number of aryl methyl sites for hydroxylation is 1. The monoisotopic (exact) mass is 317 g/mol. The molecule has 1 rings (SSSR count). The molecule has 1 atom stereocenters. The summed E-state index contributed by atoms with van der Waals surface area (Å²) in [4.78, 5) is 10.5. The van der Waals surface area contributed by atoms with E-state index in [2.05, 4.69) is 4.72 Å². The molecule has 21 heavy (non-hydrogen) atoms. The second-order valence-corrected chi connectivity index (χ2v) is 6.78. The van der Waals surface area contributed by atoms with Crippen LogP contribution in [0.5, 0.6) is 5.75 Å². The summed E-state index contributed by atoms with van der Waals surface area (Å²) in [5.41, 5.74) is -0.954. The maximum Gasteiger partial charge on any atom is 0.306 e. The standard InChI is InChI=1S/C13H19NO6S/c1-9-4-5-10(20-3)11(6-9)21(18,19)14-8-13(2,17)7-12(15)16/h4-6,14,17H,7-8H2,1-3H3,(H,15,16). The maximum absolute atomic E-state index is 12.2. The van der Waals surface area contributed by atoms with Crippen LogP contribution in [-0.2, 0) is 14.8 Å². The first-order chi connectivity index (χ1) is 9.57. The Balaban J connectivity index is 2.97. The van der Waals surface area contributed by atoms with Crippen LogP contribution in [0.15, 0.2) is 23.1 Å². The fraction of sp³-hybridized carbons (Fsp3) is 0.462. The summed E-state index contributed by atoms with van der Waals surface area (Å²) in [6.45, 7) is 2.56. The number of carbonyl (C=O) groups is 1. The zero-order chi connectivity index (χ0) is 16.3.